The lowest BCUT2D eigenvalue weighted by Gasteiger charge is -2.24. The van der Waals surface area contributed by atoms with Crippen LogP contribution in [-0.2, 0) is 0 Å². The van der Waals surface area contributed by atoms with Gasteiger partial charge in [0.2, 0.25) is 0 Å². The zero-order chi connectivity index (χ0) is 13.6. The smallest absolute Gasteiger partial charge is 0.138 e. The van der Waals surface area contributed by atoms with Gasteiger partial charge >= 0.3 is 0 Å². The second-order valence-electron chi connectivity index (χ2n) is 6.18. The van der Waals surface area contributed by atoms with Gasteiger partial charge in [0.05, 0.1) is 0 Å². The largest absolute Gasteiger partial charge is 0.398 e. The SMILES string of the molecule is Nc1cccc2ccnc(N3CCC4(CCNC4)C3)c12. The number of anilines is 2. The molecule has 0 saturated carbocycles. The van der Waals surface area contributed by atoms with Crippen molar-refractivity contribution in [2.75, 3.05) is 36.8 Å². The van der Waals surface area contributed by atoms with Gasteiger partial charge in [-0.2, -0.15) is 0 Å². The van der Waals surface area contributed by atoms with Crippen LogP contribution in [0.4, 0.5) is 11.5 Å². The summed E-state index contributed by atoms with van der Waals surface area (Å²) in [7, 11) is 0. The Morgan fingerprint density at radius 3 is 3.05 bits per heavy atom. The monoisotopic (exact) mass is 268 g/mol. The molecule has 0 aliphatic carbocycles. The second kappa shape index (κ2) is 4.35. The van der Waals surface area contributed by atoms with Gasteiger partial charge in [-0.3, -0.25) is 0 Å². The molecule has 1 atom stereocenters. The summed E-state index contributed by atoms with van der Waals surface area (Å²) in [6.07, 6.45) is 4.43. The number of pyridine rings is 1. The fourth-order valence-corrected chi connectivity index (χ4v) is 3.74. The van der Waals surface area contributed by atoms with Gasteiger partial charge in [0.1, 0.15) is 5.82 Å². The maximum absolute atomic E-state index is 6.19. The lowest BCUT2D eigenvalue weighted by molar-refractivity contribution is 0.369. The van der Waals surface area contributed by atoms with Crippen LogP contribution in [0.15, 0.2) is 30.5 Å². The first-order valence-electron chi connectivity index (χ1n) is 7.36. The van der Waals surface area contributed by atoms with Crippen LogP contribution in [0.2, 0.25) is 0 Å². The Kier molecular flexibility index (Phi) is 2.60. The van der Waals surface area contributed by atoms with Crippen molar-refractivity contribution in [2.24, 2.45) is 5.41 Å². The van der Waals surface area contributed by atoms with Crippen LogP contribution in [0, 0.1) is 5.41 Å². The number of aromatic nitrogens is 1. The summed E-state index contributed by atoms with van der Waals surface area (Å²) in [4.78, 5) is 7.05. The van der Waals surface area contributed by atoms with E-state index in [4.69, 9.17) is 5.73 Å². The van der Waals surface area contributed by atoms with Gasteiger partial charge in [-0.05, 0) is 36.9 Å². The number of nitrogen functional groups attached to an aromatic ring is 1. The molecule has 1 aromatic heterocycles. The van der Waals surface area contributed by atoms with E-state index in [0.29, 0.717) is 5.41 Å². The van der Waals surface area contributed by atoms with Gasteiger partial charge in [0, 0.05) is 42.3 Å². The summed E-state index contributed by atoms with van der Waals surface area (Å²) in [6.45, 7) is 4.48. The maximum atomic E-state index is 6.19. The molecule has 1 aromatic carbocycles. The summed E-state index contributed by atoms with van der Waals surface area (Å²) < 4.78 is 0. The Morgan fingerprint density at radius 1 is 1.25 bits per heavy atom. The summed E-state index contributed by atoms with van der Waals surface area (Å²) in [5.41, 5.74) is 7.47. The molecule has 0 bridgehead atoms. The highest BCUT2D eigenvalue weighted by Gasteiger charge is 2.41. The van der Waals surface area contributed by atoms with Crippen molar-refractivity contribution < 1.29 is 0 Å². The van der Waals surface area contributed by atoms with Crippen molar-refractivity contribution in [3.8, 4) is 0 Å². The molecule has 2 aliphatic rings. The number of hydrogen-bond acceptors (Lipinski definition) is 4. The van der Waals surface area contributed by atoms with E-state index in [-0.39, 0.29) is 0 Å². The molecule has 20 heavy (non-hydrogen) atoms. The summed E-state index contributed by atoms with van der Waals surface area (Å²) >= 11 is 0. The highest BCUT2D eigenvalue weighted by molar-refractivity contribution is 6.01. The van der Waals surface area contributed by atoms with Crippen LogP contribution in [0.25, 0.3) is 10.8 Å². The van der Waals surface area contributed by atoms with E-state index in [2.05, 4.69) is 21.3 Å². The molecule has 0 amide bonds. The molecule has 3 N–H and O–H groups in total. The molecule has 1 unspecified atom stereocenters. The fraction of sp³-hybridized carbons (Fsp3) is 0.438. The molecule has 4 nitrogen and oxygen atoms in total. The predicted octanol–water partition coefficient (Wildman–Crippen LogP) is 2.01. The van der Waals surface area contributed by atoms with Crippen molar-refractivity contribution in [1.82, 2.24) is 10.3 Å². The van der Waals surface area contributed by atoms with Gasteiger partial charge in [-0.1, -0.05) is 12.1 Å². The third-order valence-electron chi connectivity index (χ3n) is 4.87. The van der Waals surface area contributed by atoms with Crippen molar-refractivity contribution in [1.29, 1.82) is 0 Å². The lowest BCUT2D eigenvalue weighted by atomic mass is 9.86. The zero-order valence-corrected chi connectivity index (χ0v) is 11.6. The third-order valence-corrected chi connectivity index (χ3v) is 4.87. The molecule has 2 aliphatic heterocycles. The number of benzene rings is 1. The first-order valence-corrected chi connectivity index (χ1v) is 7.36. The normalized spacial score (nSPS) is 25.9. The van der Waals surface area contributed by atoms with Gasteiger partial charge in [0.15, 0.2) is 0 Å². The third kappa shape index (κ3) is 1.75. The van der Waals surface area contributed by atoms with Gasteiger partial charge < -0.3 is 16.0 Å². The second-order valence-corrected chi connectivity index (χ2v) is 6.18. The van der Waals surface area contributed by atoms with Crippen LogP contribution in [-0.4, -0.2) is 31.2 Å². The van der Waals surface area contributed by atoms with Crippen molar-refractivity contribution in [2.45, 2.75) is 12.8 Å². The number of nitrogens with two attached hydrogens (primary N) is 1. The first-order chi connectivity index (χ1) is 9.77. The molecular formula is C16H20N4. The quantitative estimate of drug-likeness (QED) is 0.777. The number of nitrogens with one attached hydrogen (secondary N) is 1. The molecule has 2 fully saturated rings. The number of rotatable bonds is 1. The van der Waals surface area contributed by atoms with Gasteiger partial charge in [-0.25, -0.2) is 4.98 Å². The minimum Gasteiger partial charge on any atom is -0.398 e. The standard InChI is InChI=1S/C16H20N4/c17-13-3-1-2-12-4-7-19-15(14(12)13)20-9-6-16(11-20)5-8-18-10-16/h1-4,7,18H,5-6,8-11,17H2. The number of fused-ring (bicyclic) bond motifs is 1. The molecule has 0 radical (unpaired) electrons. The average molecular weight is 268 g/mol. The number of nitrogens with zero attached hydrogens (tertiary/aromatic N) is 2. The molecule has 2 aromatic rings. The van der Waals surface area contributed by atoms with E-state index in [1.54, 1.807) is 0 Å². The molecule has 4 rings (SSSR count). The highest BCUT2D eigenvalue weighted by Crippen LogP contribution is 2.40. The zero-order valence-electron chi connectivity index (χ0n) is 11.6. The van der Waals surface area contributed by atoms with Crippen LogP contribution in [0.5, 0.6) is 0 Å². The van der Waals surface area contributed by atoms with Gasteiger partial charge in [-0.15, -0.1) is 0 Å². The van der Waals surface area contributed by atoms with Crippen LogP contribution < -0.4 is 16.0 Å². The minimum atomic E-state index is 0.452. The van der Waals surface area contributed by atoms with Crippen LogP contribution in [0.3, 0.4) is 0 Å². The topological polar surface area (TPSA) is 54.2 Å². The van der Waals surface area contributed by atoms with E-state index in [1.165, 1.54) is 18.2 Å². The first kappa shape index (κ1) is 12.0. The fourth-order valence-electron chi connectivity index (χ4n) is 3.74. The Morgan fingerprint density at radius 2 is 2.20 bits per heavy atom. The molecule has 1 spiro atoms. The van der Waals surface area contributed by atoms with E-state index in [0.717, 1.165) is 43.1 Å². The van der Waals surface area contributed by atoms with E-state index in [1.807, 2.05) is 24.4 Å². The van der Waals surface area contributed by atoms with E-state index in [9.17, 15) is 0 Å². The lowest BCUT2D eigenvalue weighted by Crippen LogP contribution is -2.29. The summed E-state index contributed by atoms with van der Waals surface area (Å²) in [6, 6.07) is 8.13. The number of hydrogen-bond donors (Lipinski definition) is 2. The molecule has 104 valence electrons. The van der Waals surface area contributed by atoms with Crippen molar-refractivity contribution in [3.05, 3.63) is 30.5 Å². The molecule has 2 saturated heterocycles. The van der Waals surface area contributed by atoms with Crippen molar-refractivity contribution in [3.63, 3.8) is 0 Å². The van der Waals surface area contributed by atoms with E-state index < -0.39 is 0 Å². The minimum absolute atomic E-state index is 0.452. The average Bonchev–Trinajstić information content (AvgIpc) is 3.09. The Hall–Kier alpha value is -1.81. The van der Waals surface area contributed by atoms with Crippen LogP contribution >= 0.6 is 0 Å². The maximum Gasteiger partial charge on any atom is 0.138 e. The molecular weight excluding hydrogens is 248 g/mol. The molecule has 3 heterocycles. The van der Waals surface area contributed by atoms with Crippen LogP contribution in [0.1, 0.15) is 12.8 Å². The van der Waals surface area contributed by atoms with Crippen molar-refractivity contribution >= 4 is 22.3 Å². The van der Waals surface area contributed by atoms with E-state index >= 15 is 0 Å². The summed E-state index contributed by atoms with van der Waals surface area (Å²) in [5, 5.41) is 5.79. The molecule has 4 heteroatoms. The highest BCUT2D eigenvalue weighted by atomic mass is 15.2. The Bertz CT molecular complexity index is 641. The Balaban J connectivity index is 1.76. The summed E-state index contributed by atoms with van der Waals surface area (Å²) in [5.74, 6) is 1.06. The van der Waals surface area contributed by atoms with Gasteiger partial charge in [0.25, 0.3) is 0 Å². The Labute approximate surface area is 119 Å². The predicted molar refractivity (Wildman–Crippen MR) is 82.9 cm³/mol.